The molecular formula is C24H24ClF3O. The average Bonchev–Trinajstić information content (AvgIpc) is 2.70. The molecule has 0 aliphatic heterocycles. The minimum absolute atomic E-state index is 0.0225. The number of halogens is 4. The van der Waals surface area contributed by atoms with Crippen LogP contribution in [0.5, 0.6) is 0 Å². The third-order valence-electron chi connectivity index (χ3n) is 5.59. The molecule has 0 aromatic heterocycles. The zero-order valence-electron chi connectivity index (χ0n) is 16.4. The predicted molar refractivity (Wildman–Crippen MR) is 110 cm³/mol. The van der Waals surface area contributed by atoms with E-state index in [0.29, 0.717) is 17.0 Å². The number of ether oxygens (including phenoxy) is 1. The van der Waals surface area contributed by atoms with E-state index in [9.17, 15) is 13.2 Å². The molecule has 1 fully saturated rings. The molecular weight excluding hydrogens is 397 g/mol. The van der Waals surface area contributed by atoms with Crippen molar-refractivity contribution < 1.29 is 17.9 Å². The summed E-state index contributed by atoms with van der Waals surface area (Å²) in [5.41, 5.74) is 0.706. The van der Waals surface area contributed by atoms with Gasteiger partial charge in [0.15, 0.2) is 0 Å². The maximum atomic E-state index is 14.5. The molecule has 0 bridgehead atoms. The summed E-state index contributed by atoms with van der Waals surface area (Å²) in [5, 5.41) is -0.0225. The van der Waals surface area contributed by atoms with Crippen LogP contribution in [0, 0.1) is 35.2 Å². The molecule has 1 aliphatic carbocycles. The molecule has 0 amide bonds. The van der Waals surface area contributed by atoms with Crippen LogP contribution >= 0.6 is 11.6 Å². The van der Waals surface area contributed by atoms with Gasteiger partial charge in [0, 0.05) is 19.3 Å². The molecule has 1 nitrogen and oxygen atoms in total. The quantitative estimate of drug-likeness (QED) is 0.379. The van der Waals surface area contributed by atoms with E-state index in [4.69, 9.17) is 16.3 Å². The number of rotatable bonds is 5. The van der Waals surface area contributed by atoms with Crippen LogP contribution in [-0.2, 0) is 4.74 Å². The normalized spacial score (nSPS) is 18.9. The minimum atomic E-state index is -0.677. The average molecular weight is 421 g/mol. The van der Waals surface area contributed by atoms with Crippen molar-refractivity contribution in [2.75, 3.05) is 13.7 Å². The van der Waals surface area contributed by atoms with Crippen molar-refractivity contribution >= 4 is 11.6 Å². The largest absolute Gasteiger partial charge is 0.385 e. The fourth-order valence-electron chi connectivity index (χ4n) is 3.96. The smallest absolute Gasteiger partial charge is 0.143 e. The molecule has 29 heavy (non-hydrogen) atoms. The Balaban J connectivity index is 1.69. The van der Waals surface area contributed by atoms with Crippen molar-refractivity contribution in [2.24, 2.45) is 5.92 Å². The zero-order valence-corrected chi connectivity index (χ0v) is 17.2. The van der Waals surface area contributed by atoms with Crippen molar-refractivity contribution in [1.82, 2.24) is 0 Å². The lowest BCUT2D eigenvalue weighted by Gasteiger charge is -2.29. The topological polar surface area (TPSA) is 9.23 Å². The van der Waals surface area contributed by atoms with Gasteiger partial charge in [-0.3, -0.25) is 0 Å². The first-order valence-corrected chi connectivity index (χ1v) is 10.3. The lowest BCUT2D eigenvalue weighted by atomic mass is 9.77. The maximum absolute atomic E-state index is 14.5. The van der Waals surface area contributed by atoms with E-state index in [0.717, 1.165) is 51.2 Å². The molecule has 0 atom stereocenters. The summed E-state index contributed by atoms with van der Waals surface area (Å²) in [5.74, 6) is 3.96. The Morgan fingerprint density at radius 2 is 1.66 bits per heavy atom. The first-order chi connectivity index (χ1) is 14.0. The summed E-state index contributed by atoms with van der Waals surface area (Å²) in [6.07, 6.45) is 6.21. The first-order valence-electron chi connectivity index (χ1n) is 9.93. The monoisotopic (exact) mass is 420 g/mol. The number of benzene rings is 2. The predicted octanol–water partition coefficient (Wildman–Crippen LogP) is 6.86. The van der Waals surface area contributed by atoms with Crippen molar-refractivity contribution in [2.45, 2.75) is 44.4 Å². The van der Waals surface area contributed by atoms with E-state index in [2.05, 4.69) is 11.8 Å². The van der Waals surface area contributed by atoms with Gasteiger partial charge in [-0.1, -0.05) is 23.4 Å². The van der Waals surface area contributed by atoms with Gasteiger partial charge in [0.25, 0.3) is 0 Å². The van der Waals surface area contributed by atoms with Gasteiger partial charge in [-0.2, -0.15) is 0 Å². The maximum Gasteiger partial charge on any atom is 0.143 e. The lowest BCUT2D eigenvalue weighted by molar-refractivity contribution is 0.180. The van der Waals surface area contributed by atoms with Crippen molar-refractivity contribution in [3.05, 3.63) is 69.5 Å². The van der Waals surface area contributed by atoms with E-state index in [1.807, 2.05) is 0 Å². The van der Waals surface area contributed by atoms with Crippen LogP contribution in [0.25, 0.3) is 0 Å². The molecule has 1 saturated carbocycles. The van der Waals surface area contributed by atoms with Gasteiger partial charge < -0.3 is 4.74 Å². The van der Waals surface area contributed by atoms with Crippen molar-refractivity contribution in [3.8, 4) is 11.8 Å². The van der Waals surface area contributed by atoms with Gasteiger partial charge >= 0.3 is 0 Å². The molecule has 3 rings (SSSR count). The van der Waals surface area contributed by atoms with E-state index in [1.165, 1.54) is 24.3 Å². The van der Waals surface area contributed by atoms with E-state index < -0.39 is 17.5 Å². The molecule has 0 saturated heterocycles. The fourth-order valence-corrected chi connectivity index (χ4v) is 4.07. The molecule has 5 heteroatoms. The second-order valence-electron chi connectivity index (χ2n) is 7.59. The summed E-state index contributed by atoms with van der Waals surface area (Å²) in [6, 6.07) is 6.80. The van der Waals surface area contributed by atoms with Crippen LogP contribution < -0.4 is 0 Å². The third kappa shape index (κ3) is 5.78. The SMILES string of the molecule is COCCCC1CCC(c2cc(F)c(C#Cc3ccc(Cl)c(F)c3)c(F)c2)CC1. The van der Waals surface area contributed by atoms with Crippen LogP contribution in [0.4, 0.5) is 13.2 Å². The summed E-state index contributed by atoms with van der Waals surface area (Å²) in [7, 11) is 1.71. The molecule has 0 radical (unpaired) electrons. The van der Waals surface area contributed by atoms with Crippen LogP contribution in [0.15, 0.2) is 30.3 Å². The summed E-state index contributed by atoms with van der Waals surface area (Å²) < 4.78 is 47.7. The number of hydrogen-bond donors (Lipinski definition) is 0. The molecule has 0 heterocycles. The highest BCUT2D eigenvalue weighted by Gasteiger charge is 2.24. The third-order valence-corrected chi connectivity index (χ3v) is 5.90. The highest BCUT2D eigenvalue weighted by molar-refractivity contribution is 6.30. The summed E-state index contributed by atoms with van der Waals surface area (Å²) in [6.45, 7) is 0.779. The Hall–Kier alpha value is -1.96. The molecule has 1 aliphatic rings. The summed E-state index contributed by atoms with van der Waals surface area (Å²) in [4.78, 5) is 0. The fraction of sp³-hybridized carbons (Fsp3) is 0.417. The Labute approximate surface area is 175 Å². The Morgan fingerprint density at radius 1 is 0.966 bits per heavy atom. The van der Waals surface area contributed by atoms with Gasteiger partial charge in [0.05, 0.1) is 10.6 Å². The summed E-state index contributed by atoms with van der Waals surface area (Å²) >= 11 is 5.63. The molecule has 0 spiro atoms. The van der Waals surface area contributed by atoms with E-state index >= 15 is 0 Å². The standard InChI is InChI=1S/C24H24ClF3O/c1-29-12-2-3-16-4-8-18(9-5-16)19-14-22(26)20(23(27)15-19)10-6-17-7-11-21(25)24(28)13-17/h7,11,13-16,18H,2-5,8-9,12H2,1H3. The van der Waals surface area contributed by atoms with Crippen molar-refractivity contribution in [1.29, 1.82) is 0 Å². The van der Waals surface area contributed by atoms with Crippen LogP contribution in [0.1, 0.15) is 61.1 Å². The Kier molecular flexibility index (Phi) is 7.64. The van der Waals surface area contributed by atoms with Gasteiger partial charge in [0.1, 0.15) is 17.5 Å². The van der Waals surface area contributed by atoms with Crippen LogP contribution in [0.2, 0.25) is 5.02 Å². The van der Waals surface area contributed by atoms with E-state index in [-0.39, 0.29) is 16.5 Å². The van der Waals surface area contributed by atoms with Gasteiger partial charge in [0.2, 0.25) is 0 Å². The second kappa shape index (κ2) is 10.2. The molecule has 2 aromatic carbocycles. The van der Waals surface area contributed by atoms with Crippen molar-refractivity contribution in [3.63, 3.8) is 0 Å². The highest BCUT2D eigenvalue weighted by Crippen LogP contribution is 2.38. The number of hydrogen-bond acceptors (Lipinski definition) is 1. The molecule has 2 aromatic rings. The van der Waals surface area contributed by atoms with E-state index in [1.54, 1.807) is 7.11 Å². The van der Waals surface area contributed by atoms with Gasteiger partial charge in [-0.05, 0) is 86.3 Å². The lowest BCUT2D eigenvalue weighted by Crippen LogP contribution is -2.14. The Morgan fingerprint density at radius 3 is 2.28 bits per heavy atom. The highest BCUT2D eigenvalue weighted by atomic mass is 35.5. The van der Waals surface area contributed by atoms with Crippen LogP contribution in [-0.4, -0.2) is 13.7 Å². The first kappa shape index (κ1) is 21.7. The minimum Gasteiger partial charge on any atom is -0.385 e. The molecule has 154 valence electrons. The van der Waals surface area contributed by atoms with Gasteiger partial charge in [-0.15, -0.1) is 0 Å². The molecule has 0 unspecified atom stereocenters. The molecule has 0 N–H and O–H groups in total. The Bertz CT molecular complexity index is 885. The zero-order chi connectivity index (χ0) is 20.8. The van der Waals surface area contributed by atoms with Crippen LogP contribution in [0.3, 0.4) is 0 Å². The number of methoxy groups -OCH3 is 1. The van der Waals surface area contributed by atoms with Gasteiger partial charge in [-0.25, -0.2) is 13.2 Å². The second-order valence-corrected chi connectivity index (χ2v) is 8.00.